The summed E-state index contributed by atoms with van der Waals surface area (Å²) in [5.74, 6) is 2.27. The molecular formula is C15H10F6N2. The smallest absolute Gasteiger partial charge is 0.264 e. The summed E-state index contributed by atoms with van der Waals surface area (Å²) in [5.41, 5.74) is -2.67. The van der Waals surface area contributed by atoms with Crippen LogP contribution in [0.15, 0.2) is 30.6 Å². The van der Waals surface area contributed by atoms with Crippen LogP contribution in [0.2, 0.25) is 0 Å². The SMILES string of the molecule is C#Cc1cnn(C(C)c2ccc(C(F)(F)F)cc2C(F)(F)F)c1. The highest BCUT2D eigenvalue weighted by molar-refractivity contribution is 5.38. The van der Waals surface area contributed by atoms with E-state index in [1.807, 2.05) is 0 Å². The van der Waals surface area contributed by atoms with E-state index in [-0.39, 0.29) is 11.6 Å². The second-order valence-corrected chi connectivity index (χ2v) is 4.83. The summed E-state index contributed by atoms with van der Waals surface area (Å²) < 4.78 is 78.5. The Morgan fingerprint density at radius 3 is 2.26 bits per heavy atom. The van der Waals surface area contributed by atoms with E-state index in [0.29, 0.717) is 11.6 Å². The lowest BCUT2D eigenvalue weighted by Gasteiger charge is -2.20. The van der Waals surface area contributed by atoms with Gasteiger partial charge >= 0.3 is 12.4 Å². The molecule has 1 heterocycles. The largest absolute Gasteiger partial charge is 0.416 e. The van der Waals surface area contributed by atoms with Crippen LogP contribution in [0.5, 0.6) is 0 Å². The molecular weight excluding hydrogens is 322 g/mol. The van der Waals surface area contributed by atoms with Crippen LogP contribution in [0.1, 0.15) is 35.2 Å². The van der Waals surface area contributed by atoms with Crippen molar-refractivity contribution in [2.24, 2.45) is 0 Å². The highest BCUT2D eigenvalue weighted by Crippen LogP contribution is 2.39. The molecule has 2 rings (SSSR count). The summed E-state index contributed by atoms with van der Waals surface area (Å²) in [4.78, 5) is 0. The molecule has 2 nitrogen and oxygen atoms in total. The molecule has 1 aromatic carbocycles. The fourth-order valence-electron chi connectivity index (χ4n) is 2.11. The zero-order chi connectivity index (χ0) is 17.4. The van der Waals surface area contributed by atoms with Crippen LogP contribution in [0, 0.1) is 12.3 Å². The standard InChI is InChI=1S/C15H10F6N2/c1-3-10-7-22-23(8-10)9(2)12-5-4-11(14(16,17)18)6-13(12)15(19,20)21/h1,4-9H,2H3. The molecule has 0 aliphatic carbocycles. The molecule has 23 heavy (non-hydrogen) atoms. The Labute approximate surface area is 127 Å². The highest BCUT2D eigenvalue weighted by Gasteiger charge is 2.39. The first-order valence-electron chi connectivity index (χ1n) is 6.33. The second-order valence-electron chi connectivity index (χ2n) is 4.83. The van der Waals surface area contributed by atoms with Gasteiger partial charge in [-0.1, -0.05) is 12.0 Å². The molecule has 0 saturated heterocycles. The van der Waals surface area contributed by atoms with Gasteiger partial charge in [0.15, 0.2) is 0 Å². The number of nitrogens with zero attached hydrogens (tertiary/aromatic N) is 2. The lowest BCUT2D eigenvalue weighted by atomic mass is 9.98. The number of terminal acetylenes is 1. The van der Waals surface area contributed by atoms with Crippen LogP contribution in [-0.4, -0.2) is 9.78 Å². The van der Waals surface area contributed by atoms with Crippen molar-refractivity contribution in [2.75, 3.05) is 0 Å². The third-order valence-corrected chi connectivity index (χ3v) is 3.30. The minimum atomic E-state index is -4.92. The maximum absolute atomic E-state index is 13.1. The molecule has 2 aromatic rings. The Hall–Kier alpha value is -2.43. The number of benzene rings is 1. The lowest BCUT2D eigenvalue weighted by Crippen LogP contribution is -2.17. The van der Waals surface area contributed by atoms with E-state index >= 15 is 0 Å². The molecule has 8 heteroatoms. The van der Waals surface area contributed by atoms with Crippen molar-refractivity contribution in [3.05, 3.63) is 52.8 Å². The van der Waals surface area contributed by atoms with Crippen LogP contribution in [0.25, 0.3) is 0 Å². The Bertz CT molecular complexity index is 749. The van der Waals surface area contributed by atoms with Crippen LogP contribution < -0.4 is 0 Å². The second kappa shape index (κ2) is 5.65. The van der Waals surface area contributed by atoms with Gasteiger partial charge in [-0.2, -0.15) is 31.4 Å². The third kappa shape index (κ3) is 3.50. The van der Waals surface area contributed by atoms with Crippen molar-refractivity contribution >= 4 is 0 Å². The van der Waals surface area contributed by atoms with Gasteiger partial charge in [0.1, 0.15) is 0 Å². The van der Waals surface area contributed by atoms with E-state index in [1.54, 1.807) is 0 Å². The Kier molecular flexibility index (Phi) is 4.16. The summed E-state index contributed by atoms with van der Waals surface area (Å²) in [5, 5.41) is 3.84. The molecule has 0 saturated carbocycles. The van der Waals surface area contributed by atoms with Crippen LogP contribution in [0.4, 0.5) is 26.3 Å². The first-order chi connectivity index (χ1) is 10.5. The molecule has 0 spiro atoms. The molecule has 0 amide bonds. The molecule has 0 radical (unpaired) electrons. The first-order valence-corrected chi connectivity index (χ1v) is 6.33. The normalized spacial score (nSPS) is 13.7. The number of hydrogen-bond donors (Lipinski definition) is 0. The maximum Gasteiger partial charge on any atom is 0.416 e. The van der Waals surface area contributed by atoms with Crippen molar-refractivity contribution in [3.8, 4) is 12.3 Å². The summed E-state index contributed by atoms with van der Waals surface area (Å²) in [7, 11) is 0. The molecule has 0 bridgehead atoms. The van der Waals surface area contributed by atoms with Crippen molar-refractivity contribution in [1.29, 1.82) is 0 Å². The Morgan fingerprint density at radius 2 is 1.78 bits per heavy atom. The number of alkyl halides is 6. The molecule has 1 aromatic heterocycles. The van der Waals surface area contributed by atoms with Gasteiger partial charge < -0.3 is 0 Å². The topological polar surface area (TPSA) is 17.8 Å². The Balaban J connectivity index is 2.55. The minimum Gasteiger partial charge on any atom is -0.264 e. The van der Waals surface area contributed by atoms with E-state index in [2.05, 4.69) is 11.0 Å². The molecule has 0 fully saturated rings. The number of hydrogen-bond acceptors (Lipinski definition) is 1. The van der Waals surface area contributed by atoms with E-state index in [4.69, 9.17) is 6.42 Å². The van der Waals surface area contributed by atoms with Crippen molar-refractivity contribution in [3.63, 3.8) is 0 Å². The van der Waals surface area contributed by atoms with Crippen molar-refractivity contribution < 1.29 is 26.3 Å². The molecule has 0 aliphatic heterocycles. The Morgan fingerprint density at radius 1 is 1.13 bits per heavy atom. The van der Waals surface area contributed by atoms with Gasteiger partial charge in [-0.15, -0.1) is 6.42 Å². The van der Waals surface area contributed by atoms with Gasteiger partial charge in [0.25, 0.3) is 0 Å². The maximum atomic E-state index is 13.1. The van der Waals surface area contributed by atoms with E-state index < -0.39 is 29.5 Å². The fraction of sp³-hybridized carbons (Fsp3) is 0.267. The summed E-state index contributed by atoms with van der Waals surface area (Å²) in [6, 6.07) is 0.605. The van der Waals surface area contributed by atoms with Gasteiger partial charge in [0, 0.05) is 6.20 Å². The van der Waals surface area contributed by atoms with Crippen molar-refractivity contribution in [1.82, 2.24) is 9.78 Å². The summed E-state index contributed by atoms with van der Waals surface area (Å²) in [6.07, 6.45) is -1.98. The molecule has 122 valence electrons. The highest BCUT2D eigenvalue weighted by atomic mass is 19.4. The van der Waals surface area contributed by atoms with Gasteiger partial charge in [-0.05, 0) is 24.6 Å². The average molecular weight is 332 g/mol. The number of halogens is 6. The van der Waals surface area contributed by atoms with E-state index in [0.717, 1.165) is 6.07 Å². The summed E-state index contributed by atoms with van der Waals surface area (Å²) in [6.45, 7) is 1.39. The van der Waals surface area contributed by atoms with Gasteiger partial charge in [0.05, 0.1) is 28.9 Å². The lowest BCUT2D eigenvalue weighted by molar-refractivity contribution is -0.143. The average Bonchev–Trinajstić information content (AvgIpc) is 2.93. The van der Waals surface area contributed by atoms with Crippen LogP contribution in [0.3, 0.4) is 0 Å². The van der Waals surface area contributed by atoms with E-state index in [1.165, 1.54) is 24.0 Å². The molecule has 1 unspecified atom stereocenters. The van der Waals surface area contributed by atoms with E-state index in [9.17, 15) is 26.3 Å². The van der Waals surface area contributed by atoms with Gasteiger partial charge in [0.2, 0.25) is 0 Å². The predicted octanol–water partition coefficient (Wildman–Crippen LogP) is 4.51. The quantitative estimate of drug-likeness (QED) is 0.584. The summed E-state index contributed by atoms with van der Waals surface area (Å²) >= 11 is 0. The van der Waals surface area contributed by atoms with Crippen LogP contribution >= 0.6 is 0 Å². The minimum absolute atomic E-state index is 0.109. The monoisotopic (exact) mass is 332 g/mol. The van der Waals surface area contributed by atoms with Gasteiger partial charge in [-0.3, -0.25) is 4.68 Å². The van der Waals surface area contributed by atoms with Gasteiger partial charge in [-0.25, -0.2) is 0 Å². The number of aromatic nitrogens is 2. The third-order valence-electron chi connectivity index (χ3n) is 3.30. The fourth-order valence-corrected chi connectivity index (χ4v) is 2.11. The zero-order valence-electron chi connectivity index (χ0n) is 11.7. The van der Waals surface area contributed by atoms with Crippen LogP contribution in [-0.2, 0) is 12.4 Å². The molecule has 0 aliphatic rings. The number of rotatable bonds is 2. The molecule has 0 N–H and O–H groups in total. The first kappa shape index (κ1) is 16.9. The van der Waals surface area contributed by atoms with Crippen molar-refractivity contribution in [2.45, 2.75) is 25.3 Å². The zero-order valence-corrected chi connectivity index (χ0v) is 11.7. The molecule has 1 atom stereocenters. The predicted molar refractivity (Wildman–Crippen MR) is 70.4 cm³/mol.